The summed E-state index contributed by atoms with van der Waals surface area (Å²) in [5.74, 6) is 2.16. The van der Waals surface area contributed by atoms with Gasteiger partial charge in [-0.05, 0) is 38.0 Å². The highest BCUT2D eigenvalue weighted by atomic mass is 127. The molecule has 0 aromatic heterocycles. The molecule has 25 heavy (non-hydrogen) atoms. The van der Waals surface area contributed by atoms with Crippen LogP contribution in [0, 0.1) is 0 Å². The second kappa shape index (κ2) is 12.4. The van der Waals surface area contributed by atoms with E-state index in [4.69, 9.17) is 25.8 Å². The SMILES string of the molecule is CCNC(=NCCOCC)NCCc1cc(Cl)c2c(c1)OCCO2.I. The van der Waals surface area contributed by atoms with E-state index in [0.717, 1.165) is 36.8 Å². The fraction of sp³-hybridized carbons (Fsp3) is 0.588. The van der Waals surface area contributed by atoms with E-state index in [1.165, 1.54) is 0 Å². The summed E-state index contributed by atoms with van der Waals surface area (Å²) >= 11 is 6.26. The summed E-state index contributed by atoms with van der Waals surface area (Å²) in [6.45, 7) is 8.66. The van der Waals surface area contributed by atoms with Crippen molar-refractivity contribution >= 4 is 41.5 Å². The first-order valence-corrected chi connectivity index (χ1v) is 8.80. The maximum atomic E-state index is 6.26. The predicted octanol–water partition coefficient (Wildman–Crippen LogP) is 2.86. The van der Waals surface area contributed by atoms with Gasteiger partial charge in [0.25, 0.3) is 0 Å². The van der Waals surface area contributed by atoms with Crippen molar-refractivity contribution in [1.82, 2.24) is 10.6 Å². The van der Waals surface area contributed by atoms with Crippen molar-refractivity contribution in [1.29, 1.82) is 0 Å². The summed E-state index contributed by atoms with van der Waals surface area (Å²) in [6.07, 6.45) is 0.812. The van der Waals surface area contributed by atoms with Crippen LogP contribution in [0.2, 0.25) is 5.02 Å². The van der Waals surface area contributed by atoms with Crippen LogP contribution >= 0.6 is 35.6 Å². The Hall–Kier alpha value is -0.930. The molecule has 6 nitrogen and oxygen atoms in total. The van der Waals surface area contributed by atoms with Crippen LogP contribution in [-0.4, -0.2) is 52.0 Å². The minimum absolute atomic E-state index is 0. The maximum absolute atomic E-state index is 6.26. The maximum Gasteiger partial charge on any atom is 0.191 e. The number of fused-ring (bicyclic) bond motifs is 1. The molecule has 2 N–H and O–H groups in total. The van der Waals surface area contributed by atoms with Gasteiger partial charge in [-0.1, -0.05) is 11.6 Å². The predicted molar refractivity (Wildman–Crippen MR) is 112 cm³/mol. The first kappa shape index (κ1) is 22.1. The van der Waals surface area contributed by atoms with Crippen molar-refractivity contribution < 1.29 is 14.2 Å². The number of hydrogen-bond donors (Lipinski definition) is 2. The summed E-state index contributed by atoms with van der Waals surface area (Å²) in [7, 11) is 0. The number of halogens is 2. The van der Waals surface area contributed by atoms with Gasteiger partial charge in [0.15, 0.2) is 17.5 Å². The molecule has 0 amide bonds. The standard InChI is InChI=1S/C17H26ClN3O3.HI/c1-3-19-17(21-7-8-22-4-2)20-6-5-13-11-14(18)16-15(12-13)23-9-10-24-16;/h11-12H,3-10H2,1-2H3,(H2,19,20,21);1H. The van der Waals surface area contributed by atoms with E-state index in [-0.39, 0.29) is 24.0 Å². The van der Waals surface area contributed by atoms with Gasteiger partial charge in [0.1, 0.15) is 13.2 Å². The Morgan fingerprint density at radius 3 is 2.80 bits per heavy atom. The van der Waals surface area contributed by atoms with Gasteiger partial charge < -0.3 is 24.8 Å². The highest BCUT2D eigenvalue weighted by Gasteiger charge is 2.16. The summed E-state index contributed by atoms with van der Waals surface area (Å²) in [5, 5.41) is 7.13. The molecule has 1 aromatic rings. The van der Waals surface area contributed by atoms with Gasteiger partial charge in [0.2, 0.25) is 0 Å². The molecule has 0 atom stereocenters. The summed E-state index contributed by atoms with van der Waals surface area (Å²) < 4.78 is 16.4. The third kappa shape index (κ3) is 7.45. The lowest BCUT2D eigenvalue weighted by Gasteiger charge is -2.20. The van der Waals surface area contributed by atoms with E-state index in [0.29, 0.717) is 43.7 Å². The zero-order chi connectivity index (χ0) is 17.2. The number of benzene rings is 1. The normalized spacial score (nSPS) is 13.2. The number of nitrogens with zero attached hydrogens (tertiary/aromatic N) is 1. The van der Waals surface area contributed by atoms with E-state index < -0.39 is 0 Å². The quantitative estimate of drug-likeness (QED) is 0.258. The lowest BCUT2D eigenvalue weighted by Crippen LogP contribution is -2.38. The molecule has 0 radical (unpaired) electrons. The van der Waals surface area contributed by atoms with Crippen LogP contribution in [0.5, 0.6) is 11.5 Å². The third-order valence-electron chi connectivity index (χ3n) is 3.42. The van der Waals surface area contributed by atoms with Gasteiger partial charge in [-0.15, -0.1) is 24.0 Å². The molecule has 0 spiro atoms. The third-order valence-corrected chi connectivity index (χ3v) is 3.70. The monoisotopic (exact) mass is 483 g/mol. The number of rotatable bonds is 8. The Balaban J connectivity index is 0.00000312. The van der Waals surface area contributed by atoms with Crippen LogP contribution in [-0.2, 0) is 11.2 Å². The Morgan fingerprint density at radius 1 is 1.24 bits per heavy atom. The average Bonchev–Trinajstić information content (AvgIpc) is 2.59. The summed E-state index contributed by atoms with van der Waals surface area (Å²) in [4.78, 5) is 4.47. The van der Waals surface area contributed by atoms with Crippen molar-refractivity contribution in [3.05, 3.63) is 22.7 Å². The Kier molecular flexibility index (Phi) is 11.0. The Labute approximate surface area is 171 Å². The molecular formula is C17H27ClIN3O3. The van der Waals surface area contributed by atoms with Crippen molar-refractivity contribution in [2.75, 3.05) is 46.1 Å². The molecule has 2 rings (SSSR count). The molecule has 0 bridgehead atoms. The first-order valence-electron chi connectivity index (χ1n) is 8.42. The number of nitrogens with one attached hydrogen (secondary N) is 2. The molecule has 1 aromatic carbocycles. The van der Waals surface area contributed by atoms with E-state index in [1.54, 1.807) is 0 Å². The molecule has 0 aliphatic carbocycles. The second-order valence-corrected chi connectivity index (χ2v) is 5.64. The molecule has 0 saturated heterocycles. The van der Waals surface area contributed by atoms with Crippen LogP contribution in [0.25, 0.3) is 0 Å². The smallest absolute Gasteiger partial charge is 0.191 e. The first-order chi connectivity index (χ1) is 11.7. The van der Waals surface area contributed by atoms with E-state index in [9.17, 15) is 0 Å². The largest absolute Gasteiger partial charge is 0.486 e. The lowest BCUT2D eigenvalue weighted by molar-refractivity contribution is 0.155. The number of hydrogen-bond acceptors (Lipinski definition) is 4. The minimum Gasteiger partial charge on any atom is -0.486 e. The van der Waals surface area contributed by atoms with Gasteiger partial charge in [-0.3, -0.25) is 4.99 Å². The molecule has 142 valence electrons. The topological polar surface area (TPSA) is 64.1 Å². The van der Waals surface area contributed by atoms with Crippen LogP contribution < -0.4 is 20.1 Å². The van der Waals surface area contributed by atoms with Crippen molar-refractivity contribution in [3.63, 3.8) is 0 Å². The molecule has 0 fully saturated rings. The van der Waals surface area contributed by atoms with E-state index >= 15 is 0 Å². The van der Waals surface area contributed by atoms with Crippen molar-refractivity contribution in [2.45, 2.75) is 20.3 Å². The van der Waals surface area contributed by atoms with Crippen molar-refractivity contribution in [2.24, 2.45) is 4.99 Å². The van der Waals surface area contributed by atoms with Crippen LogP contribution in [0.15, 0.2) is 17.1 Å². The fourth-order valence-corrected chi connectivity index (χ4v) is 2.63. The average molecular weight is 484 g/mol. The van der Waals surface area contributed by atoms with Crippen molar-refractivity contribution in [3.8, 4) is 11.5 Å². The molecule has 1 heterocycles. The van der Waals surface area contributed by atoms with Crippen LogP contribution in [0.4, 0.5) is 0 Å². The van der Waals surface area contributed by atoms with E-state index in [2.05, 4.69) is 15.6 Å². The highest BCUT2D eigenvalue weighted by molar-refractivity contribution is 14.0. The lowest BCUT2D eigenvalue weighted by atomic mass is 10.1. The fourth-order valence-electron chi connectivity index (χ4n) is 2.34. The number of ether oxygens (including phenoxy) is 3. The van der Waals surface area contributed by atoms with Gasteiger partial charge in [0, 0.05) is 19.7 Å². The zero-order valence-electron chi connectivity index (χ0n) is 14.8. The van der Waals surface area contributed by atoms with Gasteiger partial charge in [0.05, 0.1) is 18.2 Å². The van der Waals surface area contributed by atoms with Gasteiger partial charge >= 0.3 is 0 Å². The Bertz CT molecular complexity index is 558. The second-order valence-electron chi connectivity index (χ2n) is 5.24. The minimum atomic E-state index is 0. The Morgan fingerprint density at radius 2 is 2.04 bits per heavy atom. The molecular weight excluding hydrogens is 457 g/mol. The summed E-state index contributed by atoms with van der Waals surface area (Å²) in [6, 6.07) is 3.91. The highest BCUT2D eigenvalue weighted by Crippen LogP contribution is 2.38. The molecule has 0 saturated carbocycles. The molecule has 0 unspecified atom stereocenters. The van der Waals surface area contributed by atoms with Crippen LogP contribution in [0.1, 0.15) is 19.4 Å². The molecule has 1 aliphatic heterocycles. The molecule has 8 heteroatoms. The zero-order valence-corrected chi connectivity index (χ0v) is 17.9. The number of aliphatic imine (C=N–C) groups is 1. The van der Waals surface area contributed by atoms with Crippen LogP contribution in [0.3, 0.4) is 0 Å². The number of guanidine groups is 1. The molecule has 1 aliphatic rings. The summed E-state index contributed by atoms with van der Waals surface area (Å²) in [5.41, 5.74) is 1.10. The van der Waals surface area contributed by atoms with Gasteiger partial charge in [-0.25, -0.2) is 0 Å². The van der Waals surface area contributed by atoms with Gasteiger partial charge in [-0.2, -0.15) is 0 Å². The van der Waals surface area contributed by atoms with E-state index in [1.807, 2.05) is 26.0 Å².